The van der Waals surface area contributed by atoms with Crippen LogP contribution < -0.4 is 5.43 Å². The van der Waals surface area contributed by atoms with E-state index in [2.05, 4.69) is 38.1 Å². The van der Waals surface area contributed by atoms with Gasteiger partial charge in [0.2, 0.25) is 0 Å². The molecule has 1 aromatic carbocycles. The van der Waals surface area contributed by atoms with Crippen LogP contribution in [0.25, 0.3) is 0 Å². The van der Waals surface area contributed by atoms with E-state index >= 15 is 0 Å². The van der Waals surface area contributed by atoms with Gasteiger partial charge in [0.1, 0.15) is 0 Å². The predicted molar refractivity (Wildman–Crippen MR) is 78.5 cm³/mol. The molecule has 0 atom stereocenters. The Morgan fingerprint density at radius 3 is 2.78 bits per heavy atom. The fourth-order valence-corrected chi connectivity index (χ4v) is 1.89. The van der Waals surface area contributed by atoms with Crippen molar-refractivity contribution in [1.82, 2.24) is 10.4 Å². The number of carbonyl (C=O) groups excluding carboxylic acids is 1. The first-order valence-electron chi connectivity index (χ1n) is 5.25. The molecule has 1 aromatic heterocycles. The monoisotopic (exact) mass is 351 g/mol. The Morgan fingerprint density at radius 2 is 2.06 bits per heavy atom. The maximum Gasteiger partial charge on any atom is 0.271 e. The van der Waals surface area contributed by atoms with E-state index in [1.807, 2.05) is 24.3 Å². The van der Waals surface area contributed by atoms with Crippen LogP contribution >= 0.6 is 22.6 Å². The molecule has 5 heteroatoms. The molecule has 2 rings (SSSR count). The molecule has 1 amide bonds. The summed E-state index contributed by atoms with van der Waals surface area (Å²) in [4.78, 5) is 15.5. The highest BCUT2D eigenvalue weighted by molar-refractivity contribution is 14.1. The Kier molecular flexibility index (Phi) is 4.40. The molecule has 0 spiro atoms. The average Bonchev–Trinajstić information content (AvgIpc) is 2.40. The van der Waals surface area contributed by atoms with Crippen LogP contribution in [0.3, 0.4) is 0 Å². The molecule has 0 saturated heterocycles. The van der Waals surface area contributed by atoms with Crippen LogP contribution in [0.1, 0.15) is 15.9 Å². The van der Waals surface area contributed by atoms with Gasteiger partial charge in [-0.25, -0.2) is 5.43 Å². The number of carbonyl (C=O) groups is 1. The summed E-state index contributed by atoms with van der Waals surface area (Å²) in [5, 5.41) is 3.91. The van der Waals surface area contributed by atoms with E-state index < -0.39 is 0 Å². The normalized spacial score (nSPS) is 10.5. The molecule has 0 aliphatic carbocycles. The van der Waals surface area contributed by atoms with E-state index in [-0.39, 0.29) is 5.91 Å². The molecule has 0 fully saturated rings. The lowest BCUT2D eigenvalue weighted by atomic mass is 10.2. The van der Waals surface area contributed by atoms with Crippen LogP contribution in [0, 0.1) is 3.57 Å². The average molecular weight is 351 g/mol. The number of aromatic nitrogens is 1. The molecule has 1 N–H and O–H groups in total. The van der Waals surface area contributed by atoms with Crippen molar-refractivity contribution in [3.63, 3.8) is 0 Å². The SMILES string of the molecule is O=C(NN=Cc1cccc(I)c1)c1ccncc1. The van der Waals surface area contributed by atoms with Crippen LogP contribution in [0.4, 0.5) is 0 Å². The van der Waals surface area contributed by atoms with Crippen LogP contribution in [0.5, 0.6) is 0 Å². The second-order valence-electron chi connectivity index (χ2n) is 3.49. The topological polar surface area (TPSA) is 54.4 Å². The Morgan fingerprint density at radius 1 is 1.28 bits per heavy atom. The number of hydrogen-bond donors (Lipinski definition) is 1. The van der Waals surface area contributed by atoms with Gasteiger partial charge in [0.05, 0.1) is 6.21 Å². The number of hydrogen-bond acceptors (Lipinski definition) is 3. The minimum Gasteiger partial charge on any atom is -0.267 e. The van der Waals surface area contributed by atoms with Crippen molar-refractivity contribution in [2.45, 2.75) is 0 Å². The molecule has 0 aliphatic rings. The minimum atomic E-state index is -0.251. The summed E-state index contributed by atoms with van der Waals surface area (Å²) in [6.45, 7) is 0. The fraction of sp³-hybridized carbons (Fsp3) is 0. The Labute approximate surface area is 118 Å². The van der Waals surface area contributed by atoms with E-state index in [1.54, 1.807) is 30.7 Å². The maximum absolute atomic E-state index is 11.6. The van der Waals surface area contributed by atoms with Crippen molar-refractivity contribution >= 4 is 34.7 Å². The van der Waals surface area contributed by atoms with E-state index in [4.69, 9.17) is 0 Å². The van der Waals surface area contributed by atoms with E-state index in [0.29, 0.717) is 5.56 Å². The van der Waals surface area contributed by atoms with Gasteiger partial charge >= 0.3 is 0 Å². The van der Waals surface area contributed by atoms with Crippen molar-refractivity contribution in [2.75, 3.05) is 0 Å². The summed E-state index contributed by atoms with van der Waals surface area (Å²) in [5.41, 5.74) is 3.94. The molecule has 4 nitrogen and oxygen atoms in total. The summed E-state index contributed by atoms with van der Waals surface area (Å²) < 4.78 is 1.12. The molecule has 0 saturated carbocycles. The zero-order chi connectivity index (χ0) is 12.8. The van der Waals surface area contributed by atoms with Crippen molar-refractivity contribution in [3.8, 4) is 0 Å². The van der Waals surface area contributed by atoms with E-state index in [1.165, 1.54) is 0 Å². The molecule has 2 aromatic rings. The first kappa shape index (κ1) is 12.7. The maximum atomic E-state index is 11.6. The first-order valence-corrected chi connectivity index (χ1v) is 6.32. The number of benzene rings is 1. The second-order valence-corrected chi connectivity index (χ2v) is 4.74. The zero-order valence-electron chi connectivity index (χ0n) is 9.38. The number of pyridine rings is 1. The van der Waals surface area contributed by atoms with Crippen molar-refractivity contribution in [1.29, 1.82) is 0 Å². The Bertz CT molecular complexity index is 569. The summed E-state index contributed by atoms with van der Waals surface area (Å²) in [7, 11) is 0. The number of halogens is 1. The number of amides is 1. The van der Waals surface area contributed by atoms with Crippen molar-refractivity contribution in [3.05, 3.63) is 63.5 Å². The molecular weight excluding hydrogens is 341 g/mol. The standard InChI is InChI=1S/C13H10IN3O/c14-12-3-1-2-10(8-12)9-16-17-13(18)11-4-6-15-7-5-11/h1-9H,(H,17,18). The highest BCUT2D eigenvalue weighted by atomic mass is 127. The van der Waals surface area contributed by atoms with Gasteiger partial charge in [-0.3, -0.25) is 9.78 Å². The molecule has 0 bridgehead atoms. The smallest absolute Gasteiger partial charge is 0.267 e. The highest BCUT2D eigenvalue weighted by Gasteiger charge is 2.01. The third-order valence-electron chi connectivity index (χ3n) is 2.17. The lowest BCUT2D eigenvalue weighted by Gasteiger charge is -1.98. The molecule has 90 valence electrons. The summed E-state index contributed by atoms with van der Waals surface area (Å²) in [5.74, 6) is -0.251. The van der Waals surface area contributed by atoms with Gasteiger partial charge in [0.15, 0.2) is 0 Å². The number of hydrazone groups is 1. The minimum absolute atomic E-state index is 0.251. The first-order chi connectivity index (χ1) is 8.75. The predicted octanol–water partition coefficient (Wildman–Crippen LogP) is 2.45. The molecule has 0 radical (unpaired) electrons. The Balaban J connectivity index is 1.98. The van der Waals surface area contributed by atoms with Gasteiger partial charge in [-0.05, 0) is 52.4 Å². The number of rotatable bonds is 3. The highest BCUT2D eigenvalue weighted by Crippen LogP contribution is 2.05. The van der Waals surface area contributed by atoms with E-state index in [9.17, 15) is 4.79 Å². The number of nitrogens with one attached hydrogen (secondary N) is 1. The fourth-order valence-electron chi connectivity index (χ4n) is 1.32. The van der Waals surface area contributed by atoms with Gasteiger partial charge < -0.3 is 0 Å². The summed E-state index contributed by atoms with van der Waals surface area (Å²) >= 11 is 2.22. The third-order valence-corrected chi connectivity index (χ3v) is 2.84. The van der Waals surface area contributed by atoms with Crippen LogP contribution in [0.2, 0.25) is 0 Å². The van der Waals surface area contributed by atoms with Gasteiger partial charge in [-0.15, -0.1) is 0 Å². The molecule has 0 unspecified atom stereocenters. The summed E-state index contributed by atoms with van der Waals surface area (Å²) in [6, 6.07) is 11.1. The molecule has 0 aliphatic heterocycles. The Hall–Kier alpha value is -1.76. The van der Waals surface area contributed by atoms with Gasteiger partial charge in [0, 0.05) is 21.5 Å². The van der Waals surface area contributed by atoms with Crippen LogP contribution in [-0.2, 0) is 0 Å². The quantitative estimate of drug-likeness (QED) is 0.525. The largest absolute Gasteiger partial charge is 0.271 e. The molecule has 18 heavy (non-hydrogen) atoms. The van der Waals surface area contributed by atoms with Gasteiger partial charge in [0.25, 0.3) is 5.91 Å². The van der Waals surface area contributed by atoms with E-state index in [0.717, 1.165) is 9.13 Å². The lowest BCUT2D eigenvalue weighted by molar-refractivity contribution is 0.0955. The number of nitrogens with zero attached hydrogens (tertiary/aromatic N) is 2. The third kappa shape index (κ3) is 3.63. The zero-order valence-corrected chi connectivity index (χ0v) is 11.5. The van der Waals surface area contributed by atoms with Gasteiger partial charge in [-0.2, -0.15) is 5.10 Å². The van der Waals surface area contributed by atoms with Crippen molar-refractivity contribution in [2.24, 2.45) is 5.10 Å². The van der Waals surface area contributed by atoms with Crippen LogP contribution in [0.15, 0.2) is 53.9 Å². The summed E-state index contributed by atoms with van der Waals surface area (Å²) in [6.07, 6.45) is 4.75. The second kappa shape index (κ2) is 6.25. The molecular formula is C13H10IN3O. The molecule has 1 heterocycles. The van der Waals surface area contributed by atoms with Gasteiger partial charge in [-0.1, -0.05) is 12.1 Å². The lowest BCUT2D eigenvalue weighted by Crippen LogP contribution is -2.17. The van der Waals surface area contributed by atoms with Crippen LogP contribution in [-0.4, -0.2) is 17.1 Å². The van der Waals surface area contributed by atoms with Crippen molar-refractivity contribution < 1.29 is 4.79 Å².